The first-order chi connectivity index (χ1) is 15.5. The molecule has 2 heterocycles. The molecule has 0 saturated carbocycles. The van der Waals surface area contributed by atoms with Crippen LogP contribution in [0.2, 0.25) is 0 Å². The van der Waals surface area contributed by atoms with Gasteiger partial charge < -0.3 is 24.5 Å². The van der Waals surface area contributed by atoms with Gasteiger partial charge in [-0.1, -0.05) is 30.3 Å². The Labute approximate surface area is 184 Å². The first-order valence-electron chi connectivity index (χ1n) is 10.4. The van der Waals surface area contributed by atoms with Gasteiger partial charge in [0.15, 0.2) is 11.5 Å². The predicted octanol–water partition coefficient (Wildman–Crippen LogP) is 2.61. The standard InChI is InChI=1S/C24H24N2O6/c1-31-19-10-9-16-14-17(23(28)26-11-5-6-12-32-21(19)20(16)26)22(27)25-18(24(29)30)13-15-7-3-2-4-8-15/h2-4,7-10,14,18H,5-6,11-13H2,1H3,(H,25,27)(H,29,30)/t18-/m0/s1. The maximum Gasteiger partial charge on any atom is 0.326 e. The number of rotatable bonds is 6. The van der Waals surface area contributed by atoms with Gasteiger partial charge in [0.05, 0.1) is 19.2 Å². The topological polar surface area (TPSA) is 107 Å². The van der Waals surface area contributed by atoms with E-state index >= 15 is 0 Å². The van der Waals surface area contributed by atoms with Gasteiger partial charge in [0.25, 0.3) is 11.5 Å². The number of carboxylic acids is 1. The first-order valence-corrected chi connectivity index (χ1v) is 10.4. The molecule has 1 aliphatic rings. The van der Waals surface area contributed by atoms with Crippen LogP contribution in [0.3, 0.4) is 0 Å². The Morgan fingerprint density at radius 3 is 2.69 bits per heavy atom. The lowest BCUT2D eigenvalue weighted by molar-refractivity contribution is -0.139. The molecule has 1 amide bonds. The largest absolute Gasteiger partial charge is 0.493 e. The lowest BCUT2D eigenvalue weighted by Gasteiger charge is -2.21. The van der Waals surface area contributed by atoms with E-state index in [4.69, 9.17) is 9.47 Å². The number of aryl methyl sites for hydroxylation is 1. The molecule has 0 aliphatic carbocycles. The van der Waals surface area contributed by atoms with Crippen molar-refractivity contribution in [3.8, 4) is 11.5 Å². The fourth-order valence-corrected chi connectivity index (χ4v) is 3.94. The second-order valence-electron chi connectivity index (χ2n) is 7.66. The van der Waals surface area contributed by atoms with Crippen LogP contribution in [-0.4, -0.2) is 41.3 Å². The molecule has 0 saturated heterocycles. The highest BCUT2D eigenvalue weighted by atomic mass is 16.5. The van der Waals surface area contributed by atoms with Crippen LogP contribution >= 0.6 is 0 Å². The zero-order valence-corrected chi connectivity index (χ0v) is 17.7. The van der Waals surface area contributed by atoms with Gasteiger partial charge in [0.2, 0.25) is 0 Å². The molecule has 0 bridgehead atoms. The molecule has 1 aromatic heterocycles. The summed E-state index contributed by atoms with van der Waals surface area (Å²) in [7, 11) is 1.53. The Bertz CT molecular complexity index is 1220. The van der Waals surface area contributed by atoms with Crippen molar-refractivity contribution in [2.75, 3.05) is 13.7 Å². The normalized spacial score (nSPS) is 14.0. The Kier molecular flexibility index (Phi) is 6.11. The highest BCUT2D eigenvalue weighted by Crippen LogP contribution is 2.36. The number of hydrogen-bond acceptors (Lipinski definition) is 5. The van der Waals surface area contributed by atoms with Crippen LogP contribution in [0, 0.1) is 0 Å². The Hall–Kier alpha value is -3.81. The summed E-state index contributed by atoms with van der Waals surface area (Å²) in [5.41, 5.74) is 0.754. The molecule has 8 heteroatoms. The number of aromatic nitrogens is 1. The van der Waals surface area contributed by atoms with Crippen molar-refractivity contribution < 1.29 is 24.2 Å². The molecule has 0 radical (unpaired) electrons. The van der Waals surface area contributed by atoms with E-state index < -0.39 is 23.5 Å². The number of hydrogen-bond donors (Lipinski definition) is 2. The number of nitrogens with zero attached hydrogens (tertiary/aromatic N) is 1. The van der Waals surface area contributed by atoms with Crippen LogP contribution in [-0.2, 0) is 17.8 Å². The number of amides is 1. The van der Waals surface area contributed by atoms with Crippen molar-refractivity contribution >= 4 is 22.8 Å². The molecule has 4 rings (SSSR count). The lowest BCUT2D eigenvalue weighted by Crippen LogP contribution is -2.44. The maximum atomic E-state index is 13.3. The van der Waals surface area contributed by atoms with Crippen LogP contribution in [0.1, 0.15) is 28.8 Å². The zero-order valence-electron chi connectivity index (χ0n) is 17.7. The molecule has 166 valence electrons. The van der Waals surface area contributed by atoms with Crippen LogP contribution in [0.15, 0.2) is 53.3 Å². The summed E-state index contributed by atoms with van der Waals surface area (Å²) >= 11 is 0. The molecule has 8 nitrogen and oxygen atoms in total. The van der Waals surface area contributed by atoms with E-state index in [1.165, 1.54) is 17.7 Å². The number of aliphatic carboxylic acids is 1. The SMILES string of the molecule is COc1ccc2cc(C(=O)N[C@@H](Cc3ccccc3)C(=O)O)c(=O)n3c2c1OCCCC3. The number of benzene rings is 2. The van der Waals surface area contributed by atoms with Gasteiger partial charge >= 0.3 is 5.97 Å². The smallest absolute Gasteiger partial charge is 0.326 e. The second-order valence-corrected chi connectivity index (χ2v) is 7.66. The number of nitrogens with one attached hydrogen (secondary N) is 1. The highest BCUT2D eigenvalue weighted by Gasteiger charge is 2.25. The van der Waals surface area contributed by atoms with Crippen molar-refractivity contribution in [1.82, 2.24) is 9.88 Å². The molecule has 0 spiro atoms. The number of carboxylic acid groups (broad SMARTS) is 1. The predicted molar refractivity (Wildman–Crippen MR) is 119 cm³/mol. The number of pyridine rings is 1. The molecule has 0 fully saturated rings. The van der Waals surface area contributed by atoms with Crippen molar-refractivity contribution in [2.45, 2.75) is 31.8 Å². The molecule has 32 heavy (non-hydrogen) atoms. The summed E-state index contributed by atoms with van der Waals surface area (Å²) in [6, 6.07) is 12.8. The molecule has 1 aliphatic heterocycles. The number of carbonyl (C=O) groups excluding carboxylic acids is 1. The van der Waals surface area contributed by atoms with Gasteiger partial charge in [-0.05, 0) is 36.6 Å². The average Bonchev–Trinajstić information content (AvgIpc) is 2.77. The molecular formula is C24H24N2O6. The molecule has 1 atom stereocenters. The number of carbonyl (C=O) groups is 2. The molecule has 2 aromatic carbocycles. The van der Waals surface area contributed by atoms with E-state index in [0.717, 1.165) is 12.0 Å². The Balaban J connectivity index is 1.74. The third-order valence-corrected chi connectivity index (χ3v) is 5.54. The van der Waals surface area contributed by atoms with Crippen molar-refractivity contribution in [3.05, 3.63) is 70.0 Å². The third kappa shape index (κ3) is 4.16. The van der Waals surface area contributed by atoms with Gasteiger partial charge in [-0.2, -0.15) is 0 Å². The van der Waals surface area contributed by atoms with E-state index in [1.807, 2.05) is 6.07 Å². The minimum absolute atomic E-state index is 0.103. The monoisotopic (exact) mass is 436 g/mol. The van der Waals surface area contributed by atoms with E-state index in [9.17, 15) is 19.5 Å². The minimum atomic E-state index is -1.17. The summed E-state index contributed by atoms with van der Waals surface area (Å²) in [4.78, 5) is 38.1. The average molecular weight is 436 g/mol. The summed E-state index contributed by atoms with van der Waals surface area (Å²) in [6.07, 6.45) is 1.57. The second kappa shape index (κ2) is 9.13. The highest BCUT2D eigenvalue weighted by molar-refractivity contribution is 6.00. The van der Waals surface area contributed by atoms with Gasteiger partial charge in [0.1, 0.15) is 11.6 Å². The lowest BCUT2D eigenvalue weighted by atomic mass is 10.0. The number of ether oxygens (including phenoxy) is 2. The van der Waals surface area contributed by atoms with Gasteiger partial charge in [-0.3, -0.25) is 9.59 Å². The molecular weight excluding hydrogens is 412 g/mol. The van der Waals surface area contributed by atoms with Crippen molar-refractivity contribution in [2.24, 2.45) is 0 Å². The van der Waals surface area contributed by atoms with Gasteiger partial charge in [-0.15, -0.1) is 0 Å². The minimum Gasteiger partial charge on any atom is -0.493 e. The van der Waals surface area contributed by atoms with Gasteiger partial charge in [0, 0.05) is 18.4 Å². The maximum absolute atomic E-state index is 13.3. The summed E-state index contributed by atoms with van der Waals surface area (Å²) in [5.74, 6) is -0.901. The Morgan fingerprint density at radius 2 is 1.97 bits per heavy atom. The van der Waals surface area contributed by atoms with E-state index in [2.05, 4.69) is 5.32 Å². The van der Waals surface area contributed by atoms with Crippen LogP contribution < -0.4 is 20.3 Å². The first kappa shape index (κ1) is 21.4. The van der Waals surface area contributed by atoms with Gasteiger partial charge in [-0.25, -0.2) is 4.79 Å². The third-order valence-electron chi connectivity index (χ3n) is 5.54. The molecule has 0 unspecified atom stereocenters. The molecule has 2 N–H and O–H groups in total. The number of methoxy groups -OCH3 is 1. The fourth-order valence-electron chi connectivity index (χ4n) is 3.94. The summed E-state index contributed by atoms with van der Waals surface area (Å²) in [6.45, 7) is 0.929. The quantitative estimate of drug-likeness (QED) is 0.615. The summed E-state index contributed by atoms with van der Waals surface area (Å²) < 4.78 is 12.8. The van der Waals surface area contributed by atoms with Crippen LogP contribution in [0.25, 0.3) is 10.9 Å². The molecule has 3 aromatic rings. The van der Waals surface area contributed by atoms with Crippen LogP contribution in [0.4, 0.5) is 0 Å². The Morgan fingerprint density at radius 1 is 1.19 bits per heavy atom. The summed E-state index contributed by atoms with van der Waals surface area (Å²) in [5, 5.41) is 12.8. The van der Waals surface area contributed by atoms with Crippen LogP contribution in [0.5, 0.6) is 11.5 Å². The fraction of sp³-hybridized carbons (Fsp3) is 0.292. The van der Waals surface area contributed by atoms with Crippen molar-refractivity contribution in [3.63, 3.8) is 0 Å². The zero-order chi connectivity index (χ0) is 22.7. The van der Waals surface area contributed by atoms with Crippen molar-refractivity contribution in [1.29, 1.82) is 0 Å². The van der Waals surface area contributed by atoms with E-state index in [1.54, 1.807) is 36.4 Å². The van der Waals surface area contributed by atoms with E-state index in [-0.39, 0.29) is 12.0 Å². The van der Waals surface area contributed by atoms with E-state index in [0.29, 0.717) is 42.0 Å².